The molecule has 0 radical (unpaired) electrons. The largest absolute Gasteiger partial charge is 0.0651 e. The van der Waals surface area contributed by atoms with E-state index in [1.165, 1.54) is 44.9 Å². The summed E-state index contributed by atoms with van der Waals surface area (Å²) in [5.41, 5.74) is 0. The lowest BCUT2D eigenvalue weighted by Crippen LogP contribution is -2.22. The minimum Gasteiger partial charge on any atom is -0.0651 e. The second-order valence-corrected chi connectivity index (χ2v) is 5.95. The van der Waals surface area contributed by atoms with Gasteiger partial charge in [0.2, 0.25) is 0 Å². The fourth-order valence-electron chi connectivity index (χ4n) is 3.98. The van der Waals surface area contributed by atoms with Crippen LogP contribution in [0.2, 0.25) is 0 Å². The maximum absolute atomic E-state index is 2.41. The summed E-state index contributed by atoms with van der Waals surface area (Å²) in [5, 5.41) is 0. The summed E-state index contributed by atoms with van der Waals surface area (Å²) in [6.07, 6.45) is 16.8. The summed E-state index contributed by atoms with van der Waals surface area (Å²) in [5.74, 6) is 3.29. The molecular weight excluding hydrogens is 180 g/mol. The SMILES string of the molecule is CC[C@@H]1CCCCC1CC1CCCCC1. The molecule has 2 atom stereocenters. The molecule has 0 bridgehead atoms. The molecule has 0 N–H and O–H groups in total. The second kappa shape index (κ2) is 5.92. The fourth-order valence-corrected chi connectivity index (χ4v) is 3.98. The van der Waals surface area contributed by atoms with Crippen molar-refractivity contribution < 1.29 is 0 Å². The van der Waals surface area contributed by atoms with Crippen LogP contribution in [0.1, 0.15) is 77.6 Å². The molecule has 0 saturated heterocycles. The molecule has 88 valence electrons. The first-order chi connectivity index (χ1) is 7.40. The Bertz CT molecular complexity index is 167. The zero-order chi connectivity index (χ0) is 10.5. The molecule has 2 rings (SSSR count). The zero-order valence-electron chi connectivity index (χ0n) is 10.5. The van der Waals surface area contributed by atoms with Crippen molar-refractivity contribution in [3.8, 4) is 0 Å². The van der Waals surface area contributed by atoms with Crippen LogP contribution in [0.25, 0.3) is 0 Å². The van der Waals surface area contributed by atoms with Crippen LogP contribution >= 0.6 is 0 Å². The van der Waals surface area contributed by atoms with Crippen LogP contribution in [0.15, 0.2) is 0 Å². The average molecular weight is 208 g/mol. The lowest BCUT2D eigenvalue weighted by molar-refractivity contribution is 0.172. The molecule has 0 heterocycles. The Morgan fingerprint density at radius 1 is 0.733 bits per heavy atom. The van der Waals surface area contributed by atoms with E-state index in [-0.39, 0.29) is 0 Å². The Hall–Kier alpha value is 0. The standard InChI is InChI=1S/C15H28/c1-2-14-10-6-7-11-15(14)12-13-8-4-3-5-9-13/h13-15H,2-12H2,1H3/t14-,15?/m1/s1. The molecule has 0 spiro atoms. The van der Waals surface area contributed by atoms with Gasteiger partial charge in [0.15, 0.2) is 0 Å². The van der Waals surface area contributed by atoms with Gasteiger partial charge in [0.25, 0.3) is 0 Å². The summed E-state index contributed by atoms with van der Waals surface area (Å²) < 4.78 is 0. The molecule has 0 aromatic heterocycles. The lowest BCUT2D eigenvalue weighted by Gasteiger charge is -2.34. The first-order valence-electron chi connectivity index (χ1n) is 7.40. The van der Waals surface area contributed by atoms with Crippen molar-refractivity contribution in [1.82, 2.24) is 0 Å². The number of rotatable bonds is 3. The van der Waals surface area contributed by atoms with Gasteiger partial charge in [-0.3, -0.25) is 0 Å². The van der Waals surface area contributed by atoms with E-state index in [1.807, 2.05) is 0 Å². The van der Waals surface area contributed by atoms with Gasteiger partial charge in [0.1, 0.15) is 0 Å². The molecule has 1 unspecified atom stereocenters. The van der Waals surface area contributed by atoms with Crippen LogP contribution in [-0.4, -0.2) is 0 Å². The van der Waals surface area contributed by atoms with Crippen molar-refractivity contribution in [2.24, 2.45) is 17.8 Å². The molecule has 15 heavy (non-hydrogen) atoms. The summed E-state index contributed by atoms with van der Waals surface area (Å²) in [4.78, 5) is 0. The molecule has 2 aliphatic rings. The minimum atomic E-state index is 1.08. The quantitative estimate of drug-likeness (QED) is 0.600. The molecule has 2 saturated carbocycles. The molecule has 0 aromatic carbocycles. The highest BCUT2D eigenvalue weighted by molar-refractivity contribution is 4.78. The van der Waals surface area contributed by atoms with Crippen LogP contribution in [0.3, 0.4) is 0 Å². The van der Waals surface area contributed by atoms with Gasteiger partial charge in [-0.2, -0.15) is 0 Å². The predicted octanol–water partition coefficient (Wildman–Crippen LogP) is 5.17. The Labute approximate surface area is 95.8 Å². The van der Waals surface area contributed by atoms with E-state index in [9.17, 15) is 0 Å². The first kappa shape index (κ1) is 11.5. The van der Waals surface area contributed by atoms with Gasteiger partial charge in [-0.25, -0.2) is 0 Å². The lowest BCUT2D eigenvalue weighted by atomic mass is 9.71. The Balaban J connectivity index is 1.79. The molecule has 2 aliphatic carbocycles. The monoisotopic (exact) mass is 208 g/mol. The highest BCUT2D eigenvalue weighted by Crippen LogP contribution is 2.39. The van der Waals surface area contributed by atoms with Gasteiger partial charge in [0.05, 0.1) is 0 Å². The van der Waals surface area contributed by atoms with Gasteiger partial charge >= 0.3 is 0 Å². The topological polar surface area (TPSA) is 0 Å². The molecule has 0 amide bonds. The smallest absolute Gasteiger partial charge is 0.0383 e. The maximum Gasteiger partial charge on any atom is -0.0383 e. The molecule has 0 nitrogen and oxygen atoms in total. The Morgan fingerprint density at radius 3 is 2.00 bits per heavy atom. The van der Waals surface area contributed by atoms with Crippen LogP contribution in [0.4, 0.5) is 0 Å². The summed E-state index contributed by atoms with van der Waals surface area (Å²) in [6.45, 7) is 2.41. The van der Waals surface area contributed by atoms with Gasteiger partial charge in [0, 0.05) is 0 Å². The fraction of sp³-hybridized carbons (Fsp3) is 1.00. The molecule has 0 heteroatoms. The zero-order valence-corrected chi connectivity index (χ0v) is 10.5. The van der Waals surface area contributed by atoms with Crippen LogP contribution < -0.4 is 0 Å². The highest BCUT2D eigenvalue weighted by Gasteiger charge is 2.26. The normalized spacial score (nSPS) is 34.2. The van der Waals surface area contributed by atoms with E-state index in [0.29, 0.717) is 0 Å². The average Bonchev–Trinajstić information content (AvgIpc) is 2.31. The highest BCUT2D eigenvalue weighted by atomic mass is 14.3. The van der Waals surface area contributed by atoms with Crippen LogP contribution in [-0.2, 0) is 0 Å². The van der Waals surface area contributed by atoms with E-state index < -0.39 is 0 Å². The minimum absolute atomic E-state index is 1.08. The predicted molar refractivity (Wildman–Crippen MR) is 66.9 cm³/mol. The van der Waals surface area contributed by atoms with Crippen LogP contribution in [0.5, 0.6) is 0 Å². The third-order valence-electron chi connectivity index (χ3n) is 4.95. The maximum atomic E-state index is 2.41. The molecular formula is C15H28. The van der Waals surface area contributed by atoms with E-state index in [0.717, 1.165) is 17.8 Å². The van der Waals surface area contributed by atoms with Crippen molar-refractivity contribution in [2.75, 3.05) is 0 Å². The van der Waals surface area contributed by atoms with Gasteiger partial charge in [-0.15, -0.1) is 0 Å². The second-order valence-electron chi connectivity index (χ2n) is 5.95. The van der Waals surface area contributed by atoms with Gasteiger partial charge in [-0.05, 0) is 24.2 Å². The number of hydrogen-bond donors (Lipinski definition) is 0. The van der Waals surface area contributed by atoms with E-state index in [2.05, 4.69) is 6.92 Å². The van der Waals surface area contributed by atoms with E-state index in [1.54, 1.807) is 25.7 Å². The van der Waals surface area contributed by atoms with Crippen molar-refractivity contribution in [1.29, 1.82) is 0 Å². The van der Waals surface area contributed by atoms with Crippen molar-refractivity contribution in [3.63, 3.8) is 0 Å². The van der Waals surface area contributed by atoms with E-state index >= 15 is 0 Å². The molecule has 0 aromatic rings. The van der Waals surface area contributed by atoms with Crippen molar-refractivity contribution in [2.45, 2.75) is 77.6 Å². The summed E-state index contributed by atoms with van der Waals surface area (Å²) in [7, 11) is 0. The third-order valence-corrected chi connectivity index (χ3v) is 4.95. The molecule has 0 aliphatic heterocycles. The van der Waals surface area contributed by atoms with Crippen molar-refractivity contribution in [3.05, 3.63) is 0 Å². The Morgan fingerprint density at radius 2 is 1.33 bits per heavy atom. The number of hydrogen-bond acceptors (Lipinski definition) is 0. The third kappa shape index (κ3) is 3.23. The van der Waals surface area contributed by atoms with Gasteiger partial charge in [-0.1, -0.05) is 71.1 Å². The van der Waals surface area contributed by atoms with E-state index in [4.69, 9.17) is 0 Å². The first-order valence-corrected chi connectivity index (χ1v) is 7.40. The Kier molecular flexibility index (Phi) is 4.53. The van der Waals surface area contributed by atoms with Crippen LogP contribution in [0, 0.1) is 17.8 Å². The van der Waals surface area contributed by atoms with Gasteiger partial charge < -0.3 is 0 Å². The summed E-state index contributed by atoms with van der Waals surface area (Å²) >= 11 is 0. The molecule has 2 fully saturated rings. The summed E-state index contributed by atoms with van der Waals surface area (Å²) in [6, 6.07) is 0. The van der Waals surface area contributed by atoms with Crippen molar-refractivity contribution >= 4 is 0 Å².